The van der Waals surface area contributed by atoms with Crippen molar-refractivity contribution < 1.29 is 14.3 Å². The SMILES string of the molecule is CC1(C)CC(NC[C@]2(O)CCCN(Cc3ccc(F)cc3)C2=O)CC(C)(C)N1. The van der Waals surface area contributed by atoms with E-state index in [1.165, 1.54) is 12.1 Å². The molecule has 1 amide bonds. The Hall–Kier alpha value is -1.50. The fraction of sp³-hybridized carbons (Fsp3) is 0.682. The van der Waals surface area contributed by atoms with Gasteiger partial charge in [0.1, 0.15) is 5.82 Å². The van der Waals surface area contributed by atoms with Gasteiger partial charge in [-0.25, -0.2) is 4.39 Å². The van der Waals surface area contributed by atoms with Gasteiger partial charge in [-0.05, 0) is 71.1 Å². The molecule has 2 fully saturated rings. The summed E-state index contributed by atoms with van der Waals surface area (Å²) in [6.45, 7) is 10.0. The zero-order valence-corrected chi connectivity index (χ0v) is 17.5. The van der Waals surface area contributed by atoms with Crippen LogP contribution in [0.3, 0.4) is 0 Å². The van der Waals surface area contributed by atoms with Gasteiger partial charge in [-0.1, -0.05) is 12.1 Å². The summed E-state index contributed by atoms with van der Waals surface area (Å²) in [5, 5.41) is 18.2. The first kappa shape index (κ1) is 21.2. The summed E-state index contributed by atoms with van der Waals surface area (Å²) >= 11 is 0. The molecule has 5 nitrogen and oxygen atoms in total. The van der Waals surface area contributed by atoms with Crippen molar-refractivity contribution in [3.8, 4) is 0 Å². The first-order valence-corrected chi connectivity index (χ1v) is 10.3. The number of likely N-dealkylation sites (tertiary alicyclic amines) is 1. The third kappa shape index (κ3) is 5.10. The van der Waals surface area contributed by atoms with E-state index < -0.39 is 5.60 Å². The van der Waals surface area contributed by atoms with Crippen LogP contribution in [0, 0.1) is 5.82 Å². The number of nitrogens with one attached hydrogen (secondary N) is 2. The molecule has 28 heavy (non-hydrogen) atoms. The molecule has 0 radical (unpaired) electrons. The Morgan fingerprint density at radius 2 is 1.79 bits per heavy atom. The number of carbonyl (C=O) groups is 1. The van der Waals surface area contributed by atoms with E-state index in [4.69, 9.17) is 0 Å². The van der Waals surface area contributed by atoms with Crippen molar-refractivity contribution in [3.05, 3.63) is 35.6 Å². The molecule has 3 N–H and O–H groups in total. The molecule has 2 saturated heterocycles. The zero-order valence-electron chi connectivity index (χ0n) is 17.5. The number of hydrogen-bond donors (Lipinski definition) is 3. The third-order valence-electron chi connectivity index (χ3n) is 5.86. The summed E-state index contributed by atoms with van der Waals surface area (Å²) < 4.78 is 13.1. The highest BCUT2D eigenvalue weighted by Gasteiger charge is 2.44. The molecule has 3 rings (SSSR count). The molecule has 0 spiro atoms. The highest BCUT2D eigenvalue weighted by molar-refractivity contribution is 5.86. The molecule has 2 heterocycles. The van der Waals surface area contributed by atoms with Crippen molar-refractivity contribution in [1.82, 2.24) is 15.5 Å². The quantitative estimate of drug-likeness (QED) is 0.722. The number of nitrogens with zero attached hydrogens (tertiary/aromatic N) is 1. The predicted octanol–water partition coefficient (Wildman–Crippen LogP) is 2.58. The van der Waals surface area contributed by atoms with Crippen LogP contribution in [-0.4, -0.2) is 51.7 Å². The van der Waals surface area contributed by atoms with E-state index in [0.29, 0.717) is 19.5 Å². The maximum absolute atomic E-state index is 13.1. The molecular weight excluding hydrogens is 357 g/mol. The summed E-state index contributed by atoms with van der Waals surface area (Å²) in [4.78, 5) is 14.7. The maximum atomic E-state index is 13.1. The van der Waals surface area contributed by atoms with Gasteiger partial charge in [0.2, 0.25) is 0 Å². The Bertz CT molecular complexity index is 688. The Kier molecular flexibility index (Phi) is 5.86. The normalized spacial score (nSPS) is 27.8. The lowest BCUT2D eigenvalue weighted by atomic mass is 9.79. The molecule has 1 aromatic carbocycles. The molecule has 0 aliphatic carbocycles. The van der Waals surface area contributed by atoms with Gasteiger partial charge in [0.05, 0.1) is 0 Å². The number of halogens is 1. The largest absolute Gasteiger partial charge is 0.379 e. The minimum absolute atomic E-state index is 0.00717. The summed E-state index contributed by atoms with van der Waals surface area (Å²) in [5.74, 6) is -0.523. The minimum Gasteiger partial charge on any atom is -0.379 e. The summed E-state index contributed by atoms with van der Waals surface area (Å²) in [5.41, 5.74) is -0.494. The van der Waals surface area contributed by atoms with Crippen LogP contribution in [-0.2, 0) is 11.3 Å². The van der Waals surface area contributed by atoms with Gasteiger partial charge in [0, 0.05) is 36.8 Å². The first-order valence-electron chi connectivity index (χ1n) is 10.3. The second-order valence-electron chi connectivity index (χ2n) is 9.87. The molecule has 0 bridgehead atoms. The Morgan fingerprint density at radius 3 is 2.39 bits per heavy atom. The van der Waals surface area contributed by atoms with Gasteiger partial charge in [0.25, 0.3) is 5.91 Å². The van der Waals surface area contributed by atoms with Crippen LogP contribution in [0.5, 0.6) is 0 Å². The Labute approximate surface area is 167 Å². The predicted molar refractivity (Wildman–Crippen MR) is 108 cm³/mol. The van der Waals surface area contributed by atoms with Crippen LogP contribution in [0.2, 0.25) is 0 Å². The van der Waals surface area contributed by atoms with Crippen molar-refractivity contribution >= 4 is 5.91 Å². The summed E-state index contributed by atoms with van der Waals surface area (Å²) in [7, 11) is 0. The minimum atomic E-state index is -1.38. The summed E-state index contributed by atoms with van der Waals surface area (Å²) in [6, 6.07) is 6.42. The highest BCUT2D eigenvalue weighted by atomic mass is 19.1. The second-order valence-corrected chi connectivity index (χ2v) is 9.87. The van der Waals surface area contributed by atoms with Crippen LogP contribution >= 0.6 is 0 Å². The topological polar surface area (TPSA) is 64.6 Å². The van der Waals surface area contributed by atoms with E-state index in [-0.39, 0.29) is 35.4 Å². The van der Waals surface area contributed by atoms with Gasteiger partial charge >= 0.3 is 0 Å². The average molecular weight is 392 g/mol. The van der Waals surface area contributed by atoms with Crippen molar-refractivity contribution in [1.29, 1.82) is 0 Å². The first-order chi connectivity index (χ1) is 13.0. The zero-order chi connectivity index (χ0) is 20.6. The van der Waals surface area contributed by atoms with Crippen LogP contribution in [0.15, 0.2) is 24.3 Å². The van der Waals surface area contributed by atoms with E-state index in [9.17, 15) is 14.3 Å². The molecule has 0 saturated carbocycles. The third-order valence-corrected chi connectivity index (χ3v) is 5.86. The number of hydrogen-bond acceptors (Lipinski definition) is 4. The molecule has 0 aromatic heterocycles. The van der Waals surface area contributed by atoms with Crippen LogP contribution in [0.4, 0.5) is 4.39 Å². The van der Waals surface area contributed by atoms with E-state index >= 15 is 0 Å². The molecule has 6 heteroatoms. The number of aliphatic hydroxyl groups is 1. The Morgan fingerprint density at radius 1 is 1.18 bits per heavy atom. The van der Waals surface area contributed by atoms with Crippen LogP contribution in [0.1, 0.15) is 58.9 Å². The number of benzene rings is 1. The number of piperidine rings is 2. The lowest BCUT2D eigenvalue weighted by Crippen LogP contribution is -2.64. The summed E-state index contributed by atoms with van der Waals surface area (Å²) in [6.07, 6.45) is 3.12. The van der Waals surface area contributed by atoms with Crippen molar-refractivity contribution in [2.75, 3.05) is 13.1 Å². The standard InChI is InChI=1S/C22H34FN3O2/c1-20(2)12-18(13-21(3,4)25-20)24-15-22(28)10-5-11-26(19(22)27)14-16-6-8-17(23)9-7-16/h6-9,18,24-25,28H,5,10-15H2,1-4H3/t22-/m1/s1. The monoisotopic (exact) mass is 391 g/mol. The molecule has 1 aromatic rings. The molecule has 0 unspecified atom stereocenters. The number of carbonyl (C=O) groups excluding carboxylic acids is 1. The molecule has 156 valence electrons. The number of rotatable bonds is 5. The van der Waals surface area contributed by atoms with Crippen molar-refractivity contribution in [2.24, 2.45) is 0 Å². The lowest BCUT2D eigenvalue weighted by molar-refractivity contribution is -0.157. The fourth-order valence-corrected chi connectivity index (χ4v) is 4.97. The van der Waals surface area contributed by atoms with E-state index in [1.54, 1.807) is 17.0 Å². The van der Waals surface area contributed by atoms with Gasteiger partial charge in [-0.15, -0.1) is 0 Å². The van der Waals surface area contributed by atoms with E-state index in [0.717, 1.165) is 24.8 Å². The van der Waals surface area contributed by atoms with Crippen LogP contribution in [0.25, 0.3) is 0 Å². The maximum Gasteiger partial charge on any atom is 0.256 e. The van der Waals surface area contributed by atoms with Crippen molar-refractivity contribution in [2.45, 2.75) is 82.6 Å². The highest BCUT2D eigenvalue weighted by Crippen LogP contribution is 2.30. The fourth-order valence-electron chi connectivity index (χ4n) is 4.97. The molecule has 2 aliphatic heterocycles. The van der Waals surface area contributed by atoms with Gasteiger partial charge in [-0.2, -0.15) is 0 Å². The van der Waals surface area contributed by atoms with Crippen molar-refractivity contribution in [3.63, 3.8) is 0 Å². The molecule has 1 atom stereocenters. The number of amides is 1. The Balaban J connectivity index is 1.62. The molecular formula is C22H34FN3O2. The smallest absolute Gasteiger partial charge is 0.256 e. The second kappa shape index (κ2) is 7.73. The average Bonchev–Trinajstić information content (AvgIpc) is 2.57. The van der Waals surface area contributed by atoms with Gasteiger partial charge < -0.3 is 20.6 Å². The molecule has 2 aliphatic rings. The van der Waals surface area contributed by atoms with Gasteiger partial charge in [0.15, 0.2) is 5.60 Å². The van der Waals surface area contributed by atoms with E-state index in [1.807, 2.05) is 0 Å². The lowest BCUT2D eigenvalue weighted by Gasteiger charge is -2.47. The van der Waals surface area contributed by atoms with E-state index in [2.05, 4.69) is 38.3 Å². The van der Waals surface area contributed by atoms with Crippen LogP contribution < -0.4 is 10.6 Å². The van der Waals surface area contributed by atoms with Gasteiger partial charge in [-0.3, -0.25) is 4.79 Å².